The second-order valence-corrected chi connectivity index (χ2v) is 17.3. The standard InChI is InChI=1S/C44H72N10O15.CH4/c1-8-24(6)34(42(65)54-35(25(7)56)41(64)48-19-32(58)49-29(18-31(45)57)39(62)52-30(20-55)43(66)67)53-37(60)27(15-12-16-47-44(68)69-21-26-13-10-9-11-14-26)50-38(61)28(17-22(2)3)51-40(63)33(46)36(59)23(4)5;/h9-11,13-14,22-25,27-30,33-36,55-56,59H,8,12,15-21,46H2,1-7H3,(H2,45,57)(H,47,68)(H,48,64)(H,49,58)(H,50,61)(H,51,63)(H,52,62)(H,53,60)(H,54,65)(H,66,67);1H4/t24-,25-,27+,28-,29-,30-,33-,34?,35-,36+;/m0./s1. The lowest BCUT2D eigenvalue weighted by Gasteiger charge is -2.30. The zero-order chi connectivity index (χ0) is 52.5. The third kappa shape index (κ3) is 23.2. The molecule has 0 aromatic heterocycles. The van der Waals surface area contributed by atoms with Crippen molar-refractivity contribution >= 4 is 59.3 Å². The number of aliphatic hydroxyl groups excluding tert-OH is 3. The lowest BCUT2D eigenvalue weighted by Crippen LogP contribution is -2.62. The minimum absolute atomic E-state index is 0. The van der Waals surface area contributed by atoms with Crippen molar-refractivity contribution in [1.29, 1.82) is 0 Å². The first kappa shape index (κ1) is 63.6. The summed E-state index contributed by atoms with van der Waals surface area (Å²) in [4.78, 5) is 129. The van der Waals surface area contributed by atoms with Gasteiger partial charge in [-0.1, -0.05) is 85.7 Å². The number of ether oxygens (including phenoxy) is 1. The molecule has 0 spiro atoms. The van der Waals surface area contributed by atoms with Crippen molar-refractivity contribution in [3.63, 3.8) is 0 Å². The van der Waals surface area contributed by atoms with E-state index >= 15 is 0 Å². The van der Waals surface area contributed by atoms with Gasteiger partial charge in [-0.25, -0.2) is 9.59 Å². The molecule has 0 radical (unpaired) electrons. The number of hydrogen-bond donors (Lipinski definition) is 14. The number of carbonyl (C=O) groups excluding carboxylic acids is 9. The van der Waals surface area contributed by atoms with Crippen LogP contribution in [0.2, 0.25) is 0 Å². The molecule has 1 aromatic carbocycles. The smallest absolute Gasteiger partial charge is 0.407 e. The second-order valence-electron chi connectivity index (χ2n) is 17.3. The van der Waals surface area contributed by atoms with E-state index in [1.165, 1.54) is 0 Å². The summed E-state index contributed by atoms with van der Waals surface area (Å²) < 4.78 is 5.24. The van der Waals surface area contributed by atoms with Crippen LogP contribution >= 0.6 is 0 Å². The van der Waals surface area contributed by atoms with Crippen LogP contribution in [0, 0.1) is 17.8 Å². The fraction of sp³-hybridized carbons (Fsp3) is 0.644. The van der Waals surface area contributed by atoms with E-state index in [1.807, 2.05) is 5.32 Å². The molecule has 10 atom stereocenters. The Labute approximate surface area is 408 Å². The Morgan fingerprint density at radius 2 is 1.24 bits per heavy atom. The van der Waals surface area contributed by atoms with Crippen molar-refractivity contribution in [3.05, 3.63) is 35.9 Å². The number of carboxylic acids is 1. The van der Waals surface area contributed by atoms with Crippen molar-refractivity contribution in [1.82, 2.24) is 42.5 Å². The predicted molar refractivity (Wildman–Crippen MR) is 253 cm³/mol. The lowest BCUT2D eigenvalue weighted by molar-refractivity contribution is -0.143. The maximum atomic E-state index is 14.2. The summed E-state index contributed by atoms with van der Waals surface area (Å²) in [6.45, 7) is 9.41. The Hall–Kier alpha value is -6.44. The summed E-state index contributed by atoms with van der Waals surface area (Å²) in [5.41, 5.74) is 11.9. The van der Waals surface area contributed by atoms with Crippen molar-refractivity contribution in [3.8, 4) is 0 Å². The number of rotatable bonds is 31. The van der Waals surface area contributed by atoms with Gasteiger partial charge in [0.2, 0.25) is 47.3 Å². The van der Waals surface area contributed by atoms with Gasteiger partial charge >= 0.3 is 12.1 Å². The van der Waals surface area contributed by atoms with Gasteiger partial charge in [-0.2, -0.15) is 0 Å². The number of carboxylic acid groups (broad SMARTS) is 1. The molecule has 0 saturated carbocycles. The van der Waals surface area contributed by atoms with Crippen LogP contribution in [0.5, 0.6) is 0 Å². The van der Waals surface area contributed by atoms with Gasteiger partial charge in [0, 0.05) is 6.54 Å². The van der Waals surface area contributed by atoms with E-state index in [9.17, 15) is 63.3 Å². The molecule has 25 heteroatoms. The van der Waals surface area contributed by atoms with Gasteiger partial charge in [-0.15, -0.1) is 0 Å². The van der Waals surface area contributed by atoms with Gasteiger partial charge in [0.05, 0.1) is 31.8 Å². The summed E-state index contributed by atoms with van der Waals surface area (Å²) in [5, 5.41) is 58.3. The summed E-state index contributed by atoms with van der Waals surface area (Å²) in [6.07, 6.45) is -4.04. The van der Waals surface area contributed by atoms with Crippen molar-refractivity contribution in [2.45, 2.75) is 149 Å². The first-order valence-electron chi connectivity index (χ1n) is 22.6. The highest BCUT2D eigenvalue weighted by molar-refractivity contribution is 5.98. The zero-order valence-electron chi connectivity index (χ0n) is 40.1. The highest BCUT2D eigenvalue weighted by Crippen LogP contribution is 2.13. The van der Waals surface area contributed by atoms with Gasteiger partial charge in [0.15, 0.2) is 0 Å². The molecule has 70 heavy (non-hydrogen) atoms. The molecule has 0 saturated heterocycles. The molecule has 0 aliphatic heterocycles. The molecule has 1 aromatic rings. The number of nitrogens with two attached hydrogens (primary N) is 2. The van der Waals surface area contributed by atoms with Crippen LogP contribution in [0.1, 0.15) is 93.6 Å². The number of carbonyl (C=O) groups is 10. The Balaban J connectivity index is 0.0000476. The number of amides is 9. The summed E-state index contributed by atoms with van der Waals surface area (Å²) in [6, 6.07) is -1.77. The molecule has 0 fully saturated rings. The molecular formula is C45H76N10O15. The average molecular weight is 997 g/mol. The fourth-order valence-electron chi connectivity index (χ4n) is 6.35. The van der Waals surface area contributed by atoms with E-state index in [2.05, 4.69) is 37.2 Å². The SMILES string of the molecule is C.CC[C@H](C)C(NC(=O)[C@@H](CCCNC(=O)OCc1ccccc1)NC(=O)[C@H](CC(C)C)NC(=O)[C@@H](N)[C@H](O)C(C)C)C(=O)N[C@H](C(=O)NCC(=O)N[C@@H](CC(N)=O)C(=O)N[C@@H](CO)C(=O)O)[C@H](C)O. The fourth-order valence-corrected chi connectivity index (χ4v) is 6.35. The number of primary amides is 1. The first-order chi connectivity index (χ1) is 32.3. The van der Waals surface area contributed by atoms with Crippen LogP contribution in [0.3, 0.4) is 0 Å². The number of nitrogens with one attached hydrogen (secondary N) is 8. The molecule has 0 aliphatic carbocycles. The molecule has 1 unspecified atom stereocenters. The summed E-state index contributed by atoms with van der Waals surface area (Å²) in [5.74, 6) is -10.7. The van der Waals surface area contributed by atoms with Crippen LogP contribution in [-0.2, 0) is 54.5 Å². The number of alkyl carbamates (subject to hydrolysis) is 1. The number of aliphatic carboxylic acids is 1. The highest BCUT2D eigenvalue weighted by atomic mass is 16.5. The summed E-state index contributed by atoms with van der Waals surface area (Å²) in [7, 11) is 0. The molecule has 396 valence electrons. The van der Waals surface area contributed by atoms with E-state index in [0.717, 1.165) is 12.5 Å². The molecule has 1 rings (SSSR count). The van der Waals surface area contributed by atoms with E-state index in [0.29, 0.717) is 0 Å². The predicted octanol–water partition coefficient (Wildman–Crippen LogP) is -2.88. The molecule has 16 N–H and O–H groups in total. The normalized spacial score (nSPS) is 15.3. The van der Waals surface area contributed by atoms with E-state index in [4.69, 9.17) is 21.3 Å². The monoisotopic (exact) mass is 997 g/mol. The largest absolute Gasteiger partial charge is 0.480 e. The first-order valence-corrected chi connectivity index (χ1v) is 22.6. The maximum Gasteiger partial charge on any atom is 0.407 e. The van der Waals surface area contributed by atoms with Gasteiger partial charge in [0.25, 0.3) is 0 Å². The van der Waals surface area contributed by atoms with E-state index in [1.54, 1.807) is 71.9 Å². The van der Waals surface area contributed by atoms with Gasteiger partial charge < -0.3 is 79.2 Å². The van der Waals surface area contributed by atoms with Gasteiger partial charge in [0.1, 0.15) is 48.9 Å². The molecule has 0 heterocycles. The highest BCUT2D eigenvalue weighted by Gasteiger charge is 2.36. The number of hydrogen-bond acceptors (Lipinski definition) is 15. The van der Waals surface area contributed by atoms with E-state index in [-0.39, 0.29) is 58.1 Å². The third-order valence-corrected chi connectivity index (χ3v) is 10.6. The van der Waals surface area contributed by atoms with Crippen LogP contribution in [-0.4, -0.2) is 154 Å². The van der Waals surface area contributed by atoms with Crippen molar-refractivity contribution < 1.29 is 73.1 Å². The topological polar surface area (TPSA) is 409 Å². The quantitative estimate of drug-likeness (QED) is 0.0332. The lowest BCUT2D eigenvalue weighted by atomic mass is 9.96. The third-order valence-electron chi connectivity index (χ3n) is 10.6. The molecule has 9 amide bonds. The van der Waals surface area contributed by atoms with Crippen molar-refractivity contribution in [2.75, 3.05) is 19.7 Å². The van der Waals surface area contributed by atoms with Crippen molar-refractivity contribution in [2.24, 2.45) is 29.2 Å². The Kier molecular flexibility index (Phi) is 29.4. The molecule has 25 nitrogen and oxygen atoms in total. The molecular weight excluding hydrogens is 921 g/mol. The van der Waals surface area contributed by atoms with Gasteiger partial charge in [-0.05, 0) is 49.5 Å². The van der Waals surface area contributed by atoms with Crippen LogP contribution in [0.25, 0.3) is 0 Å². The Morgan fingerprint density at radius 3 is 1.77 bits per heavy atom. The second kappa shape index (κ2) is 32.4. The molecule has 0 aliphatic rings. The van der Waals surface area contributed by atoms with Gasteiger partial charge in [-0.3, -0.25) is 38.4 Å². The minimum atomic E-state index is -1.78. The van der Waals surface area contributed by atoms with Crippen LogP contribution in [0.4, 0.5) is 4.79 Å². The Bertz CT molecular complexity index is 1890. The zero-order valence-corrected chi connectivity index (χ0v) is 40.1. The number of benzene rings is 1. The maximum absolute atomic E-state index is 14.2. The minimum Gasteiger partial charge on any atom is -0.480 e. The average Bonchev–Trinajstić information content (AvgIpc) is 3.29. The van der Waals surface area contributed by atoms with Crippen LogP contribution < -0.4 is 54.0 Å². The number of aliphatic hydroxyl groups is 3. The summed E-state index contributed by atoms with van der Waals surface area (Å²) >= 11 is 0. The Morgan fingerprint density at radius 1 is 0.686 bits per heavy atom. The molecule has 0 bridgehead atoms. The van der Waals surface area contributed by atoms with Crippen LogP contribution in [0.15, 0.2) is 30.3 Å². The van der Waals surface area contributed by atoms with E-state index < -0.39 is 139 Å².